The van der Waals surface area contributed by atoms with E-state index < -0.39 is 5.92 Å². The zero-order valence-electron chi connectivity index (χ0n) is 16.6. The van der Waals surface area contributed by atoms with Crippen molar-refractivity contribution < 1.29 is 8.78 Å². The van der Waals surface area contributed by atoms with Crippen molar-refractivity contribution in [3.63, 3.8) is 0 Å². The van der Waals surface area contributed by atoms with E-state index in [9.17, 15) is 8.78 Å². The van der Waals surface area contributed by atoms with Crippen molar-refractivity contribution in [2.24, 2.45) is 10.1 Å². The number of allylic oxidation sites excluding steroid dienone is 1. The Kier molecular flexibility index (Phi) is 4.44. The van der Waals surface area contributed by atoms with Crippen molar-refractivity contribution >= 4 is 34.7 Å². The molecule has 29 heavy (non-hydrogen) atoms. The van der Waals surface area contributed by atoms with Gasteiger partial charge in [-0.05, 0) is 37.1 Å². The monoisotopic (exact) mass is 419 g/mol. The Balaban J connectivity index is 1.57. The number of hydrogen-bond donors (Lipinski definition) is 0. The van der Waals surface area contributed by atoms with Crippen LogP contribution in [0.1, 0.15) is 38.7 Å². The minimum atomic E-state index is -2.60. The SMILES string of the molecule is CCC1=C2c3cc(Cl)ccc3N=C(N3CCN4CC(F)(F)CC4C3)N2N=C(C)C1. The lowest BCUT2D eigenvalue weighted by molar-refractivity contribution is 0.0122. The van der Waals surface area contributed by atoms with Crippen LogP contribution in [0, 0.1) is 0 Å². The molecule has 5 nitrogen and oxygen atoms in total. The van der Waals surface area contributed by atoms with E-state index >= 15 is 0 Å². The standard InChI is InChI=1S/C21H24ClF2N5/c1-3-14-8-13(2)26-29-19(14)17-9-15(22)4-5-18(17)25-20(29)27-6-7-28-12-21(23,24)10-16(28)11-27/h4-5,9,16H,3,6-8,10-12H2,1-2H3. The lowest BCUT2D eigenvalue weighted by Gasteiger charge is -2.43. The van der Waals surface area contributed by atoms with Crippen LogP contribution in [0.5, 0.6) is 0 Å². The number of halogens is 3. The molecule has 0 saturated carbocycles. The number of hydrazone groups is 1. The first-order chi connectivity index (χ1) is 13.8. The molecule has 154 valence electrons. The summed E-state index contributed by atoms with van der Waals surface area (Å²) in [6.45, 7) is 5.85. The van der Waals surface area contributed by atoms with E-state index in [0.717, 1.165) is 41.5 Å². The average Bonchev–Trinajstić information content (AvgIpc) is 2.99. The number of aliphatic imine (C=N–C) groups is 1. The minimum Gasteiger partial charge on any atom is -0.338 e. The minimum absolute atomic E-state index is 0.0891. The molecule has 1 aromatic rings. The second-order valence-corrected chi connectivity index (χ2v) is 8.77. The van der Waals surface area contributed by atoms with Crippen LogP contribution < -0.4 is 0 Å². The molecule has 2 saturated heterocycles. The van der Waals surface area contributed by atoms with E-state index in [-0.39, 0.29) is 19.0 Å². The molecule has 0 amide bonds. The molecule has 0 aliphatic carbocycles. The fourth-order valence-electron chi connectivity index (χ4n) is 4.88. The maximum atomic E-state index is 13.9. The van der Waals surface area contributed by atoms with Gasteiger partial charge >= 0.3 is 0 Å². The summed E-state index contributed by atoms with van der Waals surface area (Å²) in [5.74, 6) is -1.87. The number of rotatable bonds is 1. The van der Waals surface area contributed by atoms with Gasteiger partial charge in [0.1, 0.15) is 0 Å². The molecule has 1 aromatic carbocycles. The molecule has 0 spiro atoms. The van der Waals surface area contributed by atoms with Crippen LogP contribution in [0.4, 0.5) is 14.5 Å². The van der Waals surface area contributed by atoms with Crippen molar-refractivity contribution in [1.29, 1.82) is 0 Å². The third-order valence-corrected chi connectivity index (χ3v) is 6.43. The zero-order valence-corrected chi connectivity index (χ0v) is 17.4. The summed E-state index contributed by atoms with van der Waals surface area (Å²) >= 11 is 6.29. The Morgan fingerprint density at radius 3 is 2.90 bits per heavy atom. The van der Waals surface area contributed by atoms with Gasteiger partial charge in [0, 0.05) is 54.8 Å². The quantitative estimate of drug-likeness (QED) is 0.668. The summed E-state index contributed by atoms with van der Waals surface area (Å²) in [6.07, 6.45) is 1.64. The van der Waals surface area contributed by atoms with E-state index in [1.54, 1.807) is 0 Å². The van der Waals surface area contributed by atoms with Gasteiger partial charge in [0.05, 0.1) is 17.9 Å². The first-order valence-electron chi connectivity index (χ1n) is 10.2. The predicted octanol–water partition coefficient (Wildman–Crippen LogP) is 4.57. The summed E-state index contributed by atoms with van der Waals surface area (Å²) in [5, 5.41) is 7.40. The van der Waals surface area contributed by atoms with Crippen molar-refractivity contribution in [2.45, 2.75) is 45.1 Å². The fraction of sp³-hybridized carbons (Fsp3) is 0.524. The largest absolute Gasteiger partial charge is 0.338 e. The Hall–Kier alpha value is -1.99. The molecule has 4 aliphatic rings. The van der Waals surface area contributed by atoms with Crippen LogP contribution in [0.15, 0.2) is 33.9 Å². The van der Waals surface area contributed by atoms with Gasteiger partial charge in [-0.1, -0.05) is 18.5 Å². The van der Waals surface area contributed by atoms with E-state index in [1.165, 1.54) is 5.57 Å². The summed E-state index contributed by atoms with van der Waals surface area (Å²) in [4.78, 5) is 8.94. The van der Waals surface area contributed by atoms with Gasteiger partial charge in [-0.3, -0.25) is 4.90 Å². The van der Waals surface area contributed by atoms with E-state index in [1.807, 2.05) is 35.0 Å². The molecule has 4 heterocycles. The maximum absolute atomic E-state index is 13.9. The molecule has 0 bridgehead atoms. The molecule has 0 N–H and O–H groups in total. The van der Waals surface area contributed by atoms with Crippen molar-refractivity contribution in [2.75, 3.05) is 26.2 Å². The van der Waals surface area contributed by atoms with Gasteiger partial charge in [0.15, 0.2) is 0 Å². The smallest absolute Gasteiger partial charge is 0.262 e. The van der Waals surface area contributed by atoms with Gasteiger partial charge in [-0.15, -0.1) is 0 Å². The second-order valence-electron chi connectivity index (χ2n) is 8.33. The van der Waals surface area contributed by atoms with Gasteiger partial charge in [-0.2, -0.15) is 10.1 Å². The van der Waals surface area contributed by atoms with Gasteiger partial charge in [-0.25, -0.2) is 13.8 Å². The first-order valence-corrected chi connectivity index (χ1v) is 10.5. The number of piperazine rings is 1. The van der Waals surface area contributed by atoms with Crippen LogP contribution in [-0.2, 0) is 0 Å². The highest BCUT2D eigenvalue weighted by atomic mass is 35.5. The molecule has 1 atom stereocenters. The van der Waals surface area contributed by atoms with Crippen LogP contribution in [-0.4, -0.2) is 64.6 Å². The maximum Gasteiger partial charge on any atom is 0.262 e. The number of alkyl halides is 2. The lowest BCUT2D eigenvalue weighted by atomic mass is 9.96. The van der Waals surface area contributed by atoms with E-state index in [4.69, 9.17) is 21.7 Å². The molecule has 8 heteroatoms. The summed E-state index contributed by atoms with van der Waals surface area (Å²) in [7, 11) is 0. The topological polar surface area (TPSA) is 34.4 Å². The molecule has 0 aromatic heterocycles. The van der Waals surface area contributed by atoms with Crippen molar-refractivity contribution in [3.05, 3.63) is 34.4 Å². The number of hydrogen-bond acceptors (Lipinski definition) is 5. The second kappa shape index (κ2) is 6.77. The molecular weight excluding hydrogens is 396 g/mol. The molecule has 2 fully saturated rings. The summed E-state index contributed by atoms with van der Waals surface area (Å²) < 4.78 is 27.8. The summed E-state index contributed by atoms with van der Waals surface area (Å²) in [6, 6.07) is 5.57. The average molecular weight is 420 g/mol. The molecule has 1 unspecified atom stereocenters. The van der Waals surface area contributed by atoms with E-state index in [2.05, 4.69) is 11.8 Å². The molecule has 0 radical (unpaired) electrons. The van der Waals surface area contributed by atoms with Gasteiger partial charge in [0.2, 0.25) is 5.96 Å². The predicted molar refractivity (Wildman–Crippen MR) is 112 cm³/mol. The Bertz CT molecular complexity index is 954. The first kappa shape index (κ1) is 19.0. The number of benzene rings is 1. The highest BCUT2D eigenvalue weighted by Gasteiger charge is 2.48. The van der Waals surface area contributed by atoms with Crippen LogP contribution in [0.2, 0.25) is 5.02 Å². The van der Waals surface area contributed by atoms with Gasteiger partial charge in [0.25, 0.3) is 5.92 Å². The molecular formula is C21H24ClF2N5. The van der Waals surface area contributed by atoms with E-state index in [0.29, 0.717) is 24.7 Å². The highest BCUT2D eigenvalue weighted by Crippen LogP contribution is 2.42. The number of fused-ring (bicyclic) bond motifs is 4. The van der Waals surface area contributed by atoms with Crippen molar-refractivity contribution in [1.82, 2.24) is 14.8 Å². The fourth-order valence-corrected chi connectivity index (χ4v) is 5.05. The Morgan fingerprint density at radius 1 is 1.28 bits per heavy atom. The Morgan fingerprint density at radius 2 is 2.10 bits per heavy atom. The molecule has 4 aliphatic heterocycles. The highest BCUT2D eigenvalue weighted by molar-refractivity contribution is 6.31. The summed E-state index contributed by atoms with van der Waals surface area (Å²) in [5.41, 5.74) is 5.20. The third-order valence-electron chi connectivity index (χ3n) is 6.19. The third kappa shape index (κ3) is 3.24. The zero-order chi connectivity index (χ0) is 20.3. The van der Waals surface area contributed by atoms with Crippen LogP contribution in [0.25, 0.3) is 5.70 Å². The van der Waals surface area contributed by atoms with Gasteiger partial charge < -0.3 is 4.90 Å². The van der Waals surface area contributed by atoms with Crippen LogP contribution >= 0.6 is 11.6 Å². The van der Waals surface area contributed by atoms with Crippen LogP contribution in [0.3, 0.4) is 0 Å². The number of guanidine groups is 1. The lowest BCUT2D eigenvalue weighted by Crippen LogP contribution is -2.55. The molecule has 5 rings (SSSR count). The van der Waals surface area contributed by atoms with Crippen molar-refractivity contribution in [3.8, 4) is 0 Å². The number of nitrogens with zero attached hydrogens (tertiary/aromatic N) is 5. The Labute approximate surface area is 174 Å². The normalized spacial score (nSPS) is 26.0.